The topological polar surface area (TPSA) is 88.6 Å². The molecule has 10 heteroatoms. The highest BCUT2D eigenvalue weighted by atomic mass is 35.5. The van der Waals surface area contributed by atoms with Gasteiger partial charge < -0.3 is 9.64 Å². The lowest BCUT2D eigenvalue weighted by molar-refractivity contribution is -0.00540. The first-order valence-electron chi connectivity index (χ1n) is 10.6. The molecule has 1 saturated heterocycles. The summed E-state index contributed by atoms with van der Waals surface area (Å²) in [5.41, 5.74) is 0.658. The molecular weight excluding hydrogens is 481 g/mol. The summed E-state index contributed by atoms with van der Waals surface area (Å²) in [5.74, 6) is -1.11. The third kappa shape index (κ3) is 5.22. The lowest BCUT2D eigenvalue weighted by Crippen LogP contribution is -2.45. The van der Waals surface area contributed by atoms with E-state index in [0.717, 1.165) is 6.07 Å². The molecule has 1 N–H and O–H groups in total. The molecule has 4 rings (SSSR count). The van der Waals surface area contributed by atoms with Crippen molar-refractivity contribution in [1.29, 1.82) is 0 Å². The van der Waals surface area contributed by atoms with Crippen LogP contribution in [0, 0.1) is 5.82 Å². The van der Waals surface area contributed by atoms with Gasteiger partial charge in [-0.25, -0.2) is 12.8 Å². The summed E-state index contributed by atoms with van der Waals surface area (Å²) >= 11 is 6.06. The zero-order chi connectivity index (χ0) is 24.5. The van der Waals surface area contributed by atoms with Gasteiger partial charge in [-0.15, -0.1) is 0 Å². The minimum Gasteiger partial charge on any atom is -0.372 e. The van der Waals surface area contributed by atoms with Gasteiger partial charge in [0, 0.05) is 41.6 Å². The Labute approximate surface area is 202 Å². The predicted octanol–water partition coefficient (Wildman–Crippen LogP) is 4.52. The molecular formula is C24H23ClFN3O4S. The Morgan fingerprint density at radius 3 is 2.53 bits per heavy atom. The molecule has 1 aliphatic rings. The largest absolute Gasteiger partial charge is 0.372 e. The number of aromatic nitrogens is 1. The van der Waals surface area contributed by atoms with E-state index in [0.29, 0.717) is 18.8 Å². The smallest absolute Gasteiger partial charge is 0.262 e. The van der Waals surface area contributed by atoms with Gasteiger partial charge in [-0.2, -0.15) is 0 Å². The number of rotatable bonds is 6. The molecule has 0 aliphatic carbocycles. The maximum atomic E-state index is 15.0. The number of pyridine rings is 1. The van der Waals surface area contributed by atoms with Crippen LogP contribution in [0.4, 0.5) is 15.8 Å². The van der Waals surface area contributed by atoms with Crippen molar-refractivity contribution in [3.8, 4) is 0 Å². The van der Waals surface area contributed by atoms with Crippen LogP contribution in [0.1, 0.15) is 29.8 Å². The Balaban J connectivity index is 1.63. The fourth-order valence-electron chi connectivity index (χ4n) is 3.94. The highest BCUT2D eigenvalue weighted by Crippen LogP contribution is 2.29. The van der Waals surface area contributed by atoms with E-state index >= 15 is 0 Å². The Bertz CT molecular complexity index is 1310. The van der Waals surface area contributed by atoms with Crippen molar-refractivity contribution in [2.24, 2.45) is 0 Å². The summed E-state index contributed by atoms with van der Waals surface area (Å²) < 4.78 is 49.2. The number of hydrogen-bond donors (Lipinski definition) is 1. The number of carbonyl (C=O) groups excluding carboxylic acids is 1. The fraction of sp³-hybridized carbons (Fsp3) is 0.250. The van der Waals surface area contributed by atoms with E-state index in [1.54, 1.807) is 12.1 Å². The molecule has 0 bridgehead atoms. The Morgan fingerprint density at radius 2 is 1.88 bits per heavy atom. The van der Waals surface area contributed by atoms with Crippen LogP contribution in [0.15, 0.2) is 65.8 Å². The maximum absolute atomic E-state index is 15.0. The van der Waals surface area contributed by atoms with E-state index in [2.05, 4.69) is 9.71 Å². The molecule has 2 unspecified atom stereocenters. The minimum absolute atomic E-state index is 0.0265. The van der Waals surface area contributed by atoms with E-state index in [-0.39, 0.29) is 38.9 Å². The van der Waals surface area contributed by atoms with E-state index in [1.165, 1.54) is 42.7 Å². The Morgan fingerprint density at radius 1 is 1.15 bits per heavy atom. The molecule has 1 aromatic heterocycles. The first kappa shape index (κ1) is 24.1. The number of nitrogens with zero attached hydrogens (tertiary/aromatic N) is 2. The molecule has 2 atom stereocenters. The maximum Gasteiger partial charge on any atom is 0.262 e. The molecule has 0 amide bonds. The highest BCUT2D eigenvalue weighted by Gasteiger charge is 2.26. The molecule has 2 aromatic carbocycles. The third-order valence-corrected chi connectivity index (χ3v) is 6.98. The van der Waals surface area contributed by atoms with E-state index in [4.69, 9.17) is 16.3 Å². The average molecular weight is 504 g/mol. The van der Waals surface area contributed by atoms with Crippen molar-refractivity contribution in [2.75, 3.05) is 22.7 Å². The summed E-state index contributed by atoms with van der Waals surface area (Å²) in [6.07, 6.45) is 2.75. The SMILES string of the molecule is CC1CN(c2ccc(S(=O)(=O)Nc3ccc(Cl)cc3C(=O)c3cccnc3)cc2F)CC(C)O1. The first-order chi connectivity index (χ1) is 16.1. The first-order valence-corrected chi connectivity index (χ1v) is 12.5. The summed E-state index contributed by atoms with van der Waals surface area (Å²) in [4.78, 5) is 18.5. The van der Waals surface area contributed by atoms with Gasteiger partial charge >= 0.3 is 0 Å². The van der Waals surface area contributed by atoms with E-state index < -0.39 is 21.6 Å². The van der Waals surface area contributed by atoms with Crippen molar-refractivity contribution in [1.82, 2.24) is 4.98 Å². The summed E-state index contributed by atoms with van der Waals surface area (Å²) in [6.45, 7) is 4.80. The monoisotopic (exact) mass is 503 g/mol. The number of anilines is 2. The number of carbonyl (C=O) groups is 1. The molecule has 3 aromatic rings. The van der Waals surface area contributed by atoms with E-state index in [1.807, 2.05) is 18.7 Å². The highest BCUT2D eigenvalue weighted by molar-refractivity contribution is 7.92. The van der Waals surface area contributed by atoms with Gasteiger partial charge in [0.1, 0.15) is 5.82 Å². The van der Waals surface area contributed by atoms with Gasteiger partial charge in [0.25, 0.3) is 10.0 Å². The van der Waals surface area contributed by atoms with Crippen LogP contribution in [0.25, 0.3) is 0 Å². The average Bonchev–Trinajstić information content (AvgIpc) is 2.79. The summed E-state index contributed by atoms with van der Waals surface area (Å²) in [7, 11) is -4.20. The second-order valence-corrected chi connectivity index (χ2v) is 10.3. The Kier molecular flexibility index (Phi) is 6.88. The van der Waals surface area contributed by atoms with Crippen molar-refractivity contribution in [3.05, 3.63) is 82.9 Å². The standard InChI is InChI=1S/C24H23ClFN3O4S/c1-15-13-29(14-16(2)33-15)23-8-6-19(11-21(23)26)34(31,32)28-22-7-5-18(25)10-20(22)24(30)17-4-3-9-27-12-17/h3-12,15-16,28H,13-14H2,1-2H3. The third-order valence-electron chi connectivity index (χ3n) is 5.38. The fourth-order valence-corrected chi connectivity index (χ4v) is 5.20. The van der Waals surface area contributed by atoms with Gasteiger partial charge in [-0.05, 0) is 62.4 Å². The lowest BCUT2D eigenvalue weighted by atomic mass is 10.0. The predicted molar refractivity (Wildman–Crippen MR) is 129 cm³/mol. The van der Waals surface area contributed by atoms with Crippen LogP contribution in [0.3, 0.4) is 0 Å². The van der Waals surface area contributed by atoms with Crippen LogP contribution in [0.5, 0.6) is 0 Å². The second kappa shape index (κ2) is 9.69. The molecule has 1 aliphatic heterocycles. The summed E-state index contributed by atoms with van der Waals surface area (Å²) in [5, 5.41) is 0.263. The lowest BCUT2D eigenvalue weighted by Gasteiger charge is -2.37. The van der Waals surface area contributed by atoms with Gasteiger partial charge in [0.2, 0.25) is 0 Å². The molecule has 0 spiro atoms. The van der Waals surface area contributed by atoms with Crippen molar-refractivity contribution in [2.45, 2.75) is 31.0 Å². The zero-order valence-corrected chi connectivity index (χ0v) is 20.1. The molecule has 0 radical (unpaired) electrons. The molecule has 7 nitrogen and oxygen atoms in total. The van der Waals surface area contributed by atoms with Crippen LogP contribution in [-0.4, -0.2) is 44.5 Å². The number of hydrogen-bond acceptors (Lipinski definition) is 6. The molecule has 178 valence electrons. The van der Waals surface area contributed by atoms with Crippen LogP contribution in [-0.2, 0) is 14.8 Å². The quantitative estimate of drug-likeness (QED) is 0.497. The number of ether oxygens (including phenoxy) is 1. The van der Waals surface area contributed by atoms with Crippen LogP contribution in [0.2, 0.25) is 5.02 Å². The minimum atomic E-state index is -4.20. The number of morpholine rings is 1. The van der Waals surface area contributed by atoms with Crippen molar-refractivity contribution in [3.63, 3.8) is 0 Å². The number of halogens is 2. The number of nitrogens with one attached hydrogen (secondary N) is 1. The summed E-state index contributed by atoms with van der Waals surface area (Å²) in [6, 6.07) is 11.1. The van der Waals surface area contributed by atoms with Gasteiger partial charge in [-0.3, -0.25) is 14.5 Å². The van der Waals surface area contributed by atoms with Crippen molar-refractivity contribution >= 4 is 38.8 Å². The van der Waals surface area contributed by atoms with Crippen LogP contribution >= 0.6 is 11.6 Å². The molecule has 2 heterocycles. The number of benzene rings is 2. The number of sulfonamides is 1. The molecule has 1 fully saturated rings. The zero-order valence-electron chi connectivity index (χ0n) is 18.5. The molecule has 0 saturated carbocycles. The van der Waals surface area contributed by atoms with Crippen LogP contribution < -0.4 is 9.62 Å². The second-order valence-electron chi connectivity index (χ2n) is 8.14. The van der Waals surface area contributed by atoms with Gasteiger partial charge in [0.05, 0.1) is 28.5 Å². The normalized spacial score (nSPS) is 18.5. The van der Waals surface area contributed by atoms with Crippen molar-refractivity contribution < 1.29 is 22.3 Å². The van der Waals surface area contributed by atoms with Gasteiger partial charge in [0.15, 0.2) is 5.78 Å². The van der Waals surface area contributed by atoms with Gasteiger partial charge in [-0.1, -0.05) is 11.6 Å². The number of ketones is 1. The van der Waals surface area contributed by atoms with E-state index in [9.17, 15) is 17.6 Å². The molecule has 34 heavy (non-hydrogen) atoms. The Hall–Kier alpha value is -3.01.